The van der Waals surface area contributed by atoms with Gasteiger partial charge in [-0.2, -0.15) is 0 Å². The number of pyridine rings is 1. The molecule has 4 nitrogen and oxygen atoms in total. The molecule has 2 rings (SSSR count). The number of rotatable bonds is 3. The van der Waals surface area contributed by atoms with Gasteiger partial charge in [-0.25, -0.2) is 0 Å². The number of aromatic nitrogens is 1. The number of carbonyl (C=O) groups is 1. The Morgan fingerprint density at radius 3 is 3.00 bits per heavy atom. The van der Waals surface area contributed by atoms with Crippen LogP contribution in [0.2, 0.25) is 0 Å². The van der Waals surface area contributed by atoms with Crippen LogP contribution < -0.4 is 0 Å². The molecule has 1 aromatic carbocycles. The third-order valence-electron chi connectivity index (χ3n) is 2.34. The quantitative estimate of drug-likeness (QED) is 0.671. The lowest BCUT2D eigenvalue weighted by molar-refractivity contribution is -0.141. The average molecular weight is 252 g/mol. The number of halogens is 1. The summed E-state index contributed by atoms with van der Waals surface area (Å²) in [7, 11) is 0. The van der Waals surface area contributed by atoms with E-state index in [0.29, 0.717) is 5.52 Å². The minimum Gasteiger partial charge on any atom is -0.506 e. The predicted molar refractivity (Wildman–Crippen MR) is 63.9 cm³/mol. The van der Waals surface area contributed by atoms with E-state index in [2.05, 4.69) is 4.98 Å². The molecule has 0 bridgehead atoms. The van der Waals surface area contributed by atoms with Crippen LogP contribution in [0.25, 0.3) is 10.9 Å². The lowest BCUT2D eigenvalue weighted by atomic mass is 10.1. The summed E-state index contributed by atoms with van der Waals surface area (Å²) >= 11 is 5.33. The Hall–Kier alpha value is -1.81. The van der Waals surface area contributed by atoms with Crippen LogP contribution in [0.3, 0.4) is 0 Å². The summed E-state index contributed by atoms with van der Waals surface area (Å²) in [5, 5.41) is 10.4. The molecule has 0 saturated carbocycles. The SMILES string of the molecule is O=C(CCl)OCc1ccc(O)c2ncccc12. The number of hydrogen-bond donors (Lipinski definition) is 1. The van der Waals surface area contributed by atoms with Gasteiger partial charge in [-0.1, -0.05) is 12.1 Å². The van der Waals surface area contributed by atoms with Gasteiger partial charge in [-0.15, -0.1) is 11.6 Å². The van der Waals surface area contributed by atoms with Crippen molar-refractivity contribution in [2.75, 3.05) is 5.88 Å². The molecule has 5 heteroatoms. The zero-order valence-electron chi connectivity index (χ0n) is 8.89. The van der Waals surface area contributed by atoms with Gasteiger partial charge in [-0.05, 0) is 17.7 Å². The van der Waals surface area contributed by atoms with E-state index in [0.717, 1.165) is 10.9 Å². The van der Waals surface area contributed by atoms with Gasteiger partial charge in [0.15, 0.2) is 0 Å². The molecule has 0 spiro atoms. The van der Waals surface area contributed by atoms with E-state index in [1.165, 1.54) is 6.07 Å². The first kappa shape index (κ1) is 11.7. The fourth-order valence-corrected chi connectivity index (χ4v) is 1.62. The van der Waals surface area contributed by atoms with Gasteiger partial charge < -0.3 is 9.84 Å². The number of hydrogen-bond acceptors (Lipinski definition) is 4. The summed E-state index contributed by atoms with van der Waals surface area (Å²) in [5.74, 6) is -0.543. The molecule has 1 N–H and O–H groups in total. The highest BCUT2D eigenvalue weighted by atomic mass is 35.5. The van der Waals surface area contributed by atoms with E-state index >= 15 is 0 Å². The van der Waals surface area contributed by atoms with Gasteiger partial charge in [0.2, 0.25) is 0 Å². The topological polar surface area (TPSA) is 59.4 Å². The predicted octanol–water partition coefficient (Wildman–Crippen LogP) is 2.22. The summed E-state index contributed by atoms with van der Waals surface area (Å²) in [5.41, 5.74) is 1.27. The van der Waals surface area contributed by atoms with Gasteiger partial charge in [0, 0.05) is 11.6 Å². The summed E-state index contributed by atoms with van der Waals surface area (Å²) in [6.07, 6.45) is 1.59. The Labute approximate surface area is 103 Å². The smallest absolute Gasteiger partial charge is 0.321 e. The van der Waals surface area contributed by atoms with Crippen molar-refractivity contribution >= 4 is 28.5 Å². The van der Waals surface area contributed by atoms with Crippen LogP contribution in [0.4, 0.5) is 0 Å². The van der Waals surface area contributed by atoms with E-state index < -0.39 is 5.97 Å². The summed E-state index contributed by atoms with van der Waals surface area (Å²) in [4.78, 5) is 15.0. The molecule has 0 amide bonds. The van der Waals surface area contributed by atoms with Crippen molar-refractivity contribution in [3.63, 3.8) is 0 Å². The lowest BCUT2D eigenvalue weighted by Gasteiger charge is -2.07. The normalized spacial score (nSPS) is 10.4. The van der Waals surface area contributed by atoms with Crippen LogP contribution >= 0.6 is 11.6 Å². The highest BCUT2D eigenvalue weighted by Gasteiger charge is 2.07. The standard InChI is InChI=1S/C12H10ClNO3/c13-6-11(16)17-7-8-3-4-10(15)12-9(8)2-1-5-14-12/h1-5,15H,6-7H2. The van der Waals surface area contributed by atoms with Crippen molar-refractivity contribution in [2.24, 2.45) is 0 Å². The maximum Gasteiger partial charge on any atom is 0.321 e. The van der Waals surface area contributed by atoms with Crippen LogP contribution in [0, 0.1) is 0 Å². The van der Waals surface area contributed by atoms with Crippen LogP contribution in [0.1, 0.15) is 5.56 Å². The van der Waals surface area contributed by atoms with Crippen molar-refractivity contribution in [1.29, 1.82) is 0 Å². The van der Waals surface area contributed by atoms with Gasteiger partial charge in [0.25, 0.3) is 0 Å². The maximum atomic E-state index is 11.0. The number of fused-ring (bicyclic) bond motifs is 1. The number of esters is 1. The molecule has 0 aliphatic carbocycles. The van der Waals surface area contributed by atoms with E-state index in [1.807, 2.05) is 6.07 Å². The van der Waals surface area contributed by atoms with Crippen molar-refractivity contribution in [3.05, 3.63) is 36.0 Å². The van der Waals surface area contributed by atoms with Crippen molar-refractivity contribution < 1.29 is 14.6 Å². The van der Waals surface area contributed by atoms with Gasteiger partial charge in [-0.3, -0.25) is 9.78 Å². The zero-order chi connectivity index (χ0) is 12.3. The Kier molecular flexibility index (Phi) is 3.44. The third-order valence-corrected chi connectivity index (χ3v) is 2.55. The number of phenols is 1. The fraction of sp³-hybridized carbons (Fsp3) is 0.167. The summed E-state index contributed by atoms with van der Waals surface area (Å²) < 4.78 is 4.94. The average Bonchev–Trinajstić information content (AvgIpc) is 2.38. The van der Waals surface area contributed by atoms with E-state index in [4.69, 9.17) is 16.3 Å². The number of carbonyl (C=O) groups excluding carboxylic acids is 1. The minimum absolute atomic E-state index is 0.105. The lowest BCUT2D eigenvalue weighted by Crippen LogP contribution is -2.05. The number of alkyl halides is 1. The molecule has 0 radical (unpaired) electrons. The van der Waals surface area contributed by atoms with Crippen molar-refractivity contribution in [3.8, 4) is 5.75 Å². The van der Waals surface area contributed by atoms with Gasteiger partial charge in [0.05, 0.1) is 0 Å². The summed E-state index contributed by atoms with van der Waals surface area (Å²) in [6.45, 7) is 0.119. The van der Waals surface area contributed by atoms with Gasteiger partial charge in [0.1, 0.15) is 23.8 Å². The highest BCUT2D eigenvalue weighted by Crippen LogP contribution is 2.25. The first-order chi connectivity index (χ1) is 8.22. The molecule has 0 aliphatic rings. The van der Waals surface area contributed by atoms with Crippen LogP contribution in [-0.4, -0.2) is 21.9 Å². The number of phenolic OH excluding ortho intramolecular Hbond substituents is 1. The minimum atomic E-state index is -0.475. The molecule has 1 aromatic heterocycles. The molecule has 0 unspecified atom stereocenters. The fourth-order valence-electron chi connectivity index (χ4n) is 1.54. The Bertz CT molecular complexity index is 556. The second kappa shape index (κ2) is 5.01. The number of ether oxygens (including phenoxy) is 1. The molecule has 88 valence electrons. The Balaban J connectivity index is 2.35. The maximum absolute atomic E-state index is 11.0. The second-order valence-corrected chi connectivity index (χ2v) is 3.70. The number of aromatic hydroxyl groups is 1. The number of benzene rings is 1. The number of nitrogens with zero attached hydrogens (tertiary/aromatic N) is 1. The molecule has 17 heavy (non-hydrogen) atoms. The molecule has 0 atom stereocenters. The monoisotopic (exact) mass is 251 g/mol. The molecule has 2 aromatic rings. The molecule has 1 heterocycles. The molecular formula is C12H10ClNO3. The zero-order valence-corrected chi connectivity index (χ0v) is 9.65. The Morgan fingerprint density at radius 1 is 1.41 bits per heavy atom. The third kappa shape index (κ3) is 2.47. The van der Waals surface area contributed by atoms with Crippen LogP contribution in [0.15, 0.2) is 30.5 Å². The molecule has 0 fully saturated rings. The highest BCUT2D eigenvalue weighted by molar-refractivity contribution is 6.26. The van der Waals surface area contributed by atoms with E-state index in [9.17, 15) is 9.90 Å². The molecular weight excluding hydrogens is 242 g/mol. The molecule has 0 aliphatic heterocycles. The van der Waals surface area contributed by atoms with E-state index in [1.54, 1.807) is 18.3 Å². The second-order valence-electron chi connectivity index (χ2n) is 3.44. The molecule has 0 saturated heterocycles. The van der Waals surface area contributed by atoms with E-state index in [-0.39, 0.29) is 18.2 Å². The first-order valence-corrected chi connectivity index (χ1v) is 5.53. The van der Waals surface area contributed by atoms with Gasteiger partial charge >= 0.3 is 5.97 Å². The first-order valence-electron chi connectivity index (χ1n) is 4.99. The summed E-state index contributed by atoms with van der Waals surface area (Å²) in [6, 6.07) is 6.79. The van der Waals surface area contributed by atoms with Crippen LogP contribution in [-0.2, 0) is 16.1 Å². The van der Waals surface area contributed by atoms with Crippen LogP contribution in [0.5, 0.6) is 5.75 Å². The Morgan fingerprint density at radius 2 is 2.24 bits per heavy atom. The van der Waals surface area contributed by atoms with Crippen molar-refractivity contribution in [1.82, 2.24) is 4.98 Å². The van der Waals surface area contributed by atoms with Crippen molar-refractivity contribution in [2.45, 2.75) is 6.61 Å². The largest absolute Gasteiger partial charge is 0.506 e.